The van der Waals surface area contributed by atoms with Gasteiger partial charge in [-0.25, -0.2) is 28.6 Å². The van der Waals surface area contributed by atoms with Crippen LogP contribution in [0.25, 0.3) is 11.2 Å². The lowest BCUT2D eigenvalue weighted by molar-refractivity contribution is -0.138. The van der Waals surface area contributed by atoms with Gasteiger partial charge in [0.15, 0.2) is 22.8 Å². The average molecular weight is 882 g/mol. The summed E-state index contributed by atoms with van der Waals surface area (Å²) < 4.78 is 61.9. The highest BCUT2D eigenvalue weighted by atomic mass is 32.2. The van der Waals surface area contributed by atoms with Gasteiger partial charge in [0.2, 0.25) is 11.8 Å². The van der Waals surface area contributed by atoms with E-state index in [0.717, 1.165) is 29.0 Å². The van der Waals surface area contributed by atoms with Crippen LogP contribution in [0.5, 0.6) is 0 Å². The number of nitrogens with one attached hydrogen (secondary N) is 2. The van der Waals surface area contributed by atoms with Crippen molar-refractivity contribution in [2.75, 3.05) is 37.8 Å². The third kappa shape index (κ3) is 14.8. The van der Waals surface area contributed by atoms with Crippen LogP contribution in [0.4, 0.5) is 5.82 Å². The molecule has 26 nitrogen and oxygen atoms in total. The number of imidazole rings is 1. The third-order valence-electron chi connectivity index (χ3n) is 7.54. The molecular weight excluding hydrogens is 839 g/mol. The molecule has 0 bridgehead atoms. The van der Waals surface area contributed by atoms with Crippen molar-refractivity contribution in [1.82, 2.24) is 30.2 Å². The number of nitrogens with two attached hydrogens (primary N) is 1. The number of carbonyl (C=O) groups excluding carboxylic acids is 3. The molecule has 1 aliphatic heterocycles. The minimum atomic E-state index is -5.58. The maximum absolute atomic E-state index is 12.7. The smallest absolute Gasteiger partial charge is 0.481 e. The minimum Gasteiger partial charge on any atom is -0.481 e. The Bertz CT molecular complexity index is 1860. The Balaban J connectivity index is 1.47. The second-order valence-corrected chi connectivity index (χ2v) is 17.9. The number of carboxylic acid groups (broad SMARTS) is 1. The number of fused-ring (bicyclic) bond motifs is 1. The molecule has 3 heterocycles. The van der Waals surface area contributed by atoms with Gasteiger partial charge in [-0.1, -0.05) is 25.6 Å². The number of ether oxygens (including phenoxy) is 1. The SMILES string of the molecule is CC(C)(COP(=O)(O)OP(=O)(O)OC[C@H]1O[C@@H](n2cnc3c(N)ncnc32)[C@H](O)[C@@H]1OP(=O)(O)O)[C@H](O)C(=O)NCCC(=O)NCCSC(=O)CCCC(=O)O. The lowest BCUT2D eigenvalue weighted by Crippen LogP contribution is -2.46. The maximum Gasteiger partial charge on any atom is 0.481 e. The summed E-state index contributed by atoms with van der Waals surface area (Å²) in [6, 6.07) is 0. The van der Waals surface area contributed by atoms with Crippen molar-refractivity contribution >= 4 is 75.1 Å². The number of carbonyl (C=O) groups is 4. The second-order valence-electron chi connectivity index (χ2n) is 12.5. The van der Waals surface area contributed by atoms with Gasteiger partial charge >= 0.3 is 29.4 Å². The number of hydrogen-bond acceptors (Lipinski definition) is 19. The number of hydrogen-bond donors (Lipinski definition) is 10. The standard InChI is InChI=1S/C26H42N7O19P3S/c1-26(2,21(39)24(40)29-7-6-15(34)28-8-9-56-17(37)5-3-4-16(35)36)11-49-55(46,47)52-54(44,45)48-10-14-20(51-53(41,42)43)19(38)25(50-14)33-13-32-18-22(27)30-12-31-23(18)33/h12-14,19-21,25,38-39H,3-11H2,1-2H3,(H,28,34)(H,29,40)(H,35,36)(H,44,45)(H,46,47)(H2,27,30,31)(H2,41,42,43)/t14-,19-,20-,21-,25-/m1/s1. The molecule has 1 fully saturated rings. The highest BCUT2D eigenvalue weighted by Gasteiger charge is 2.50. The second kappa shape index (κ2) is 20.1. The summed E-state index contributed by atoms with van der Waals surface area (Å²) in [5, 5.41) is 34.6. The van der Waals surface area contributed by atoms with Gasteiger partial charge in [-0.2, -0.15) is 4.31 Å². The van der Waals surface area contributed by atoms with Crippen LogP contribution < -0.4 is 16.4 Å². The number of nitrogen functional groups attached to an aromatic ring is 1. The average Bonchev–Trinajstić information content (AvgIpc) is 3.64. The molecule has 30 heteroatoms. The number of thioether (sulfide) groups is 1. The Labute approximate surface area is 321 Å². The molecule has 2 aromatic heterocycles. The van der Waals surface area contributed by atoms with Gasteiger partial charge in [0, 0.05) is 43.5 Å². The molecule has 2 unspecified atom stereocenters. The summed E-state index contributed by atoms with van der Waals surface area (Å²) in [6.07, 6.45) is -6.92. The Kier molecular flexibility index (Phi) is 17.0. The highest BCUT2D eigenvalue weighted by Crippen LogP contribution is 2.61. The summed E-state index contributed by atoms with van der Waals surface area (Å²) in [7, 11) is -16.4. The number of carboxylic acids is 1. The predicted molar refractivity (Wildman–Crippen MR) is 189 cm³/mol. The minimum absolute atomic E-state index is 0.0208. The molecule has 56 heavy (non-hydrogen) atoms. The van der Waals surface area contributed by atoms with Crippen molar-refractivity contribution in [3.8, 4) is 0 Å². The first-order chi connectivity index (χ1) is 25.9. The molecule has 2 aromatic rings. The number of rotatable bonds is 23. The van der Waals surface area contributed by atoms with E-state index in [2.05, 4.69) is 34.4 Å². The fourth-order valence-corrected chi connectivity index (χ4v) is 8.30. The molecular formula is C26H42N7O19P3S. The molecule has 11 N–H and O–H groups in total. The molecule has 3 rings (SSSR count). The summed E-state index contributed by atoms with van der Waals surface area (Å²) >= 11 is 0.929. The van der Waals surface area contributed by atoms with E-state index in [1.54, 1.807) is 0 Å². The van der Waals surface area contributed by atoms with Gasteiger partial charge in [0.1, 0.15) is 36.3 Å². The van der Waals surface area contributed by atoms with Crippen molar-refractivity contribution < 1.29 is 90.4 Å². The Morgan fingerprint density at radius 3 is 2.36 bits per heavy atom. The molecule has 0 aliphatic carbocycles. The predicted octanol–water partition coefficient (Wildman–Crippen LogP) is -1.08. The van der Waals surface area contributed by atoms with E-state index in [4.69, 9.17) is 24.6 Å². The number of aliphatic hydroxyl groups is 2. The largest absolute Gasteiger partial charge is 0.481 e. The van der Waals surface area contributed by atoms with Crippen LogP contribution in [0.2, 0.25) is 0 Å². The Morgan fingerprint density at radius 2 is 1.70 bits per heavy atom. The van der Waals surface area contributed by atoms with Crippen LogP contribution in [0.1, 0.15) is 45.8 Å². The fraction of sp³-hybridized carbons (Fsp3) is 0.654. The first-order valence-corrected chi connectivity index (χ1v) is 21.7. The van der Waals surface area contributed by atoms with E-state index in [-0.39, 0.29) is 66.6 Å². The number of anilines is 1. The van der Waals surface area contributed by atoms with Crippen molar-refractivity contribution in [3.63, 3.8) is 0 Å². The fourth-order valence-electron chi connectivity index (χ4n) is 4.75. The van der Waals surface area contributed by atoms with Gasteiger partial charge in [-0.05, 0) is 6.42 Å². The number of nitrogens with zero attached hydrogens (tertiary/aromatic N) is 4. The van der Waals surface area contributed by atoms with E-state index in [1.807, 2.05) is 0 Å². The summed E-state index contributed by atoms with van der Waals surface area (Å²) in [6.45, 7) is 0.273. The van der Waals surface area contributed by atoms with Crippen LogP contribution in [0, 0.1) is 5.41 Å². The van der Waals surface area contributed by atoms with Gasteiger partial charge in [0.25, 0.3) is 0 Å². The Hall–Kier alpha value is -2.97. The topological polar surface area (TPSA) is 401 Å². The van der Waals surface area contributed by atoms with Crippen LogP contribution in [0.15, 0.2) is 12.7 Å². The van der Waals surface area contributed by atoms with Crippen molar-refractivity contribution in [2.24, 2.45) is 5.41 Å². The molecule has 2 amide bonds. The summed E-state index contributed by atoms with van der Waals surface area (Å²) in [5.41, 5.74) is 4.21. The molecule has 1 saturated heterocycles. The normalized spacial score (nSPS) is 21.6. The first-order valence-electron chi connectivity index (χ1n) is 16.2. The van der Waals surface area contributed by atoms with Crippen molar-refractivity contribution in [3.05, 3.63) is 12.7 Å². The van der Waals surface area contributed by atoms with Gasteiger partial charge in [-0.15, -0.1) is 0 Å². The van der Waals surface area contributed by atoms with E-state index in [1.165, 1.54) is 13.8 Å². The van der Waals surface area contributed by atoms with Crippen LogP contribution in [0.3, 0.4) is 0 Å². The number of amides is 2. The highest BCUT2D eigenvalue weighted by molar-refractivity contribution is 8.13. The van der Waals surface area contributed by atoms with Crippen LogP contribution in [-0.2, 0) is 55.5 Å². The Morgan fingerprint density at radius 1 is 1.02 bits per heavy atom. The number of aromatic nitrogens is 4. The summed E-state index contributed by atoms with van der Waals surface area (Å²) in [4.78, 5) is 97.6. The lowest BCUT2D eigenvalue weighted by atomic mass is 9.87. The summed E-state index contributed by atoms with van der Waals surface area (Å²) in [5.74, 6) is -2.33. The zero-order valence-electron chi connectivity index (χ0n) is 29.6. The van der Waals surface area contributed by atoms with E-state index in [9.17, 15) is 62.7 Å². The molecule has 316 valence electrons. The van der Waals surface area contributed by atoms with Crippen molar-refractivity contribution in [2.45, 2.75) is 70.2 Å². The lowest BCUT2D eigenvalue weighted by Gasteiger charge is -2.30. The maximum atomic E-state index is 12.7. The van der Waals surface area contributed by atoms with Crippen molar-refractivity contribution in [1.29, 1.82) is 0 Å². The number of phosphoric ester groups is 3. The zero-order valence-corrected chi connectivity index (χ0v) is 33.1. The zero-order chi connectivity index (χ0) is 42.1. The number of phosphoric acid groups is 3. The monoisotopic (exact) mass is 881 g/mol. The molecule has 7 atom stereocenters. The van der Waals surface area contributed by atoms with E-state index < -0.39 is 90.5 Å². The van der Waals surface area contributed by atoms with Gasteiger partial charge < -0.3 is 56.0 Å². The van der Waals surface area contributed by atoms with E-state index in [0.29, 0.717) is 0 Å². The van der Waals surface area contributed by atoms with Crippen LogP contribution >= 0.6 is 35.2 Å². The van der Waals surface area contributed by atoms with E-state index >= 15 is 0 Å². The number of aliphatic carboxylic acids is 1. The molecule has 0 aromatic carbocycles. The molecule has 1 aliphatic rings. The van der Waals surface area contributed by atoms with Gasteiger partial charge in [0.05, 0.1) is 19.5 Å². The van der Waals surface area contributed by atoms with Crippen LogP contribution in [-0.4, -0.2) is 134 Å². The molecule has 0 radical (unpaired) electrons. The first kappa shape index (κ1) is 47.4. The quantitative estimate of drug-likeness (QED) is 0.0469. The van der Waals surface area contributed by atoms with Gasteiger partial charge in [-0.3, -0.25) is 37.3 Å². The number of aliphatic hydroxyl groups excluding tert-OH is 2. The molecule has 0 saturated carbocycles. The third-order valence-corrected chi connectivity index (χ3v) is 11.6. The molecule has 0 spiro atoms.